The average molecular weight is 317 g/mol. The maximum absolute atomic E-state index is 12.9. The minimum atomic E-state index is -1.01. The highest BCUT2D eigenvalue weighted by Crippen LogP contribution is 2.34. The number of fused-ring (bicyclic) bond motifs is 4. The topological polar surface area (TPSA) is 59.3 Å². The van der Waals surface area contributed by atoms with Crippen molar-refractivity contribution in [2.45, 2.75) is 13.0 Å². The summed E-state index contributed by atoms with van der Waals surface area (Å²) >= 11 is 0. The first kappa shape index (κ1) is 14.5. The van der Waals surface area contributed by atoms with E-state index in [-0.39, 0.29) is 5.56 Å². The number of hydrogen-bond acceptors (Lipinski definition) is 2. The molecule has 4 nitrogen and oxygen atoms in total. The monoisotopic (exact) mass is 317 g/mol. The van der Waals surface area contributed by atoms with Gasteiger partial charge >= 0.3 is 5.97 Å². The molecular weight excluding hydrogens is 302 g/mol. The van der Waals surface area contributed by atoms with Crippen LogP contribution in [-0.4, -0.2) is 15.6 Å². The summed E-state index contributed by atoms with van der Waals surface area (Å²) in [7, 11) is 0. The van der Waals surface area contributed by atoms with Crippen molar-refractivity contribution in [3.05, 3.63) is 76.1 Å². The molecule has 118 valence electrons. The molecule has 0 radical (unpaired) electrons. The summed E-state index contributed by atoms with van der Waals surface area (Å²) in [6.07, 6.45) is 3.52. The Morgan fingerprint density at radius 1 is 1.04 bits per heavy atom. The van der Waals surface area contributed by atoms with Crippen LogP contribution < -0.4 is 5.56 Å². The van der Waals surface area contributed by atoms with Crippen LogP contribution in [0.3, 0.4) is 0 Å². The molecule has 0 bridgehead atoms. The number of rotatable bonds is 2. The van der Waals surface area contributed by atoms with Crippen LogP contribution in [0.4, 0.5) is 0 Å². The van der Waals surface area contributed by atoms with Gasteiger partial charge in [0, 0.05) is 29.1 Å². The second-order valence-electron chi connectivity index (χ2n) is 5.84. The first-order valence-electron chi connectivity index (χ1n) is 7.81. The molecule has 0 unspecified atom stereocenters. The van der Waals surface area contributed by atoms with Crippen LogP contribution in [0, 0.1) is 0 Å². The maximum atomic E-state index is 12.9. The molecule has 24 heavy (non-hydrogen) atoms. The fourth-order valence-corrected chi connectivity index (χ4v) is 3.45. The number of pyridine rings is 1. The van der Waals surface area contributed by atoms with E-state index >= 15 is 0 Å². The van der Waals surface area contributed by atoms with Crippen LogP contribution >= 0.6 is 0 Å². The Balaban J connectivity index is 2.17. The van der Waals surface area contributed by atoms with Gasteiger partial charge in [-0.05, 0) is 29.5 Å². The van der Waals surface area contributed by atoms with E-state index in [0.29, 0.717) is 11.9 Å². The van der Waals surface area contributed by atoms with Gasteiger partial charge in [-0.25, -0.2) is 4.79 Å². The Hall–Kier alpha value is -3.14. The Labute approximate surface area is 138 Å². The van der Waals surface area contributed by atoms with Crippen LogP contribution in [0.5, 0.6) is 0 Å². The Morgan fingerprint density at radius 3 is 2.54 bits per heavy atom. The molecule has 0 spiro atoms. The van der Waals surface area contributed by atoms with E-state index in [2.05, 4.69) is 6.07 Å². The number of aliphatic carboxylic acids is 1. The lowest BCUT2D eigenvalue weighted by atomic mass is 9.91. The zero-order chi connectivity index (χ0) is 16.7. The third kappa shape index (κ3) is 2.15. The zero-order valence-electron chi connectivity index (χ0n) is 12.9. The van der Waals surface area contributed by atoms with Crippen molar-refractivity contribution >= 4 is 22.8 Å². The third-order valence-electron chi connectivity index (χ3n) is 4.49. The first-order chi connectivity index (χ1) is 11.7. The molecule has 0 fully saturated rings. The number of carbonyl (C=O) groups is 1. The van der Waals surface area contributed by atoms with Gasteiger partial charge in [0.25, 0.3) is 5.56 Å². The predicted molar refractivity (Wildman–Crippen MR) is 94.0 cm³/mol. The normalized spacial score (nSPS) is 13.0. The maximum Gasteiger partial charge on any atom is 0.328 e. The van der Waals surface area contributed by atoms with Crippen LogP contribution in [0.15, 0.2) is 59.4 Å². The number of carboxylic acid groups (broad SMARTS) is 1. The molecule has 2 heterocycles. The van der Waals surface area contributed by atoms with Gasteiger partial charge in [0.15, 0.2) is 0 Å². The largest absolute Gasteiger partial charge is 0.478 e. The molecular formula is C20H15NO3. The highest BCUT2D eigenvalue weighted by Gasteiger charge is 2.22. The quantitative estimate of drug-likeness (QED) is 0.738. The Kier molecular flexibility index (Phi) is 3.31. The van der Waals surface area contributed by atoms with E-state index in [1.54, 1.807) is 16.7 Å². The van der Waals surface area contributed by atoms with Crippen LogP contribution in [0.2, 0.25) is 0 Å². The summed E-state index contributed by atoms with van der Waals surface area (Å²) in [5, 5.41) is 10.4. The van der Waals surface area contributed by atoms with Crippen molar-refractivity contribution in [2.75, 3.05) is 0 Å². The molecule has 0 atom stereocenters. The second-order valence-corrected chi connectivity index (χ2v) is 5.84. The summed E-state index contributed by atoms with van der Waals surface area (Å²) in [5.41, 5.74) is 3.73. The molecule has 4 rings (SSSR count). The molecule has 1 aliphatic heterocycles. The number of carboxylic acids is 1. The summed E-state index contributed by atoms with van der Waals surface area (Å²) in [6, 6.07) is 15.3. The summed E-state index contributed by atoms with van der Waals surface area (Å²) < 4.78 is 1.77. The number of benzene rings is 2. The molecule has 0 amide bonds. The third-order valence-corrected chi connectivity index (χ3v) is 4.49. The van der Waals surface area contributed by atoms with Gasteiger partial charge in [0.05, 0.1) is 5.69 Å². The van der Waals surface area contributed by atoms with Crippen molar-refractivity contribution in [3.63, 3.8) is 0 Å². The number of aromatic nitrogens is 1. The summed E-state index contributed by atoms with van der Waals surface area (Å²) in [5.74, 6) is -1.01. The van der Waals surface area contributed by atoms with Gasteiger partial charge in [-0.1, -0.05) is 42.5 Å². The van der Waals surface area contributed by atoms with E-state index in [9.17, 15) is 9.59 Å². The first-order valence-corrected chi connectivity index (χ1v) is 7.81. The zero-order valence-corrected chi connectivity index (χ0v) is 12.9. The predicted octanol–water partition coefficient (Wildman–Crippen LogP) is 3.32. The fraction of sp³-hybridized carbons (Fsp3) is 0.100. The molecule has 4 heteroatoms. The molecule has 1 N–H and O–H groups in total. The van der Waals surface area contributed by atoms with Crippen molar-refractivity contribution < 1.29 is 9.90 Å². The van der Waals surface area contributed by atoms with E-state index in [0.717, 1.165) is 34.7 Å². The molecule has 0 saturated heterocycles. The molecule has 2 aromatic carbocycles. The van der Waals surface area contributed by atoms with E-state index < -0.39 is 5.97 Å². The number of hydrogen-bond donors (Lipinski definition) is 1. The summed E-state index contributed by atoms with van der Waals surface area (Å²) in [4.78, 5) is 23.9. The van der Waals surface area contributed by atoms with Gasteiger partial charge in [0.2, 0.25) is 0 Å². The summed E-state index contributed by atoms with van der Waals surface area (Å²) in [6.45, 7) is 0.601. The van der Waals surface area contributed by atoms with Crippen molar-refractivity contribution in [1.82, 2.24) is 4.57 Å². The van der Waals surface area contributed by atoms with Gasteiger partial charge in [-0.15, -0.1) is 0 Å². The van der Waals surface area contributed by atoms with Gasteiger partial charge in [-0.2, -0.15) is 0 Å². The Morgan fingerprint density at radius 2 is 1.75 bits per heavy atom. The average Bonchev–Trinajstić information content (AvgIpc) is 2.61. The fourth-order valence-electron chi connectivity index (χ4n) is 3.45. The molecule has 0 aliphatic carbocycles. The van der Waals surface area contributed by atoms with Gasteiger partial charge < -0.3 is 9.67 Å². The van der Waals surface area contributed by atoms with Gasteiger partial charge in [0.1, 0.15) is 0 Å². The van der Waals surface area contributed by atoms with Crippen molar-refractivity contribution in [2.24, 2.45) is 0 Å². The van der Waals surface area contributed by atoms with E-state index in [1.807, 2.05) is 36.4 Å². The SMILES string of the molecule is O=C(O)C=Cc1c2n(c(=O)c3ccccc13)CCc1ccccc1-2. The molecule has 0 saturated carbocycles. The van der Waals surface area contributed by atoms with E-state index in [4.69, 9.17) is 5.11 Å². The standard InChI is InChI=1S/C20H15NO3/c22-18(23)10-9-16-15-7-3-4-8-17(15)20(24)21-12-11-13-5-1-2-6-14(13)19(16)21/h1-10H,11-12H2,(H,22,23). The minimum absolute atomic E-state index is 0.0254. The lowest BCUT2D eigenvalue weighted by Crippen LogP contribution is -2.27. The van der Waals surface area contributed by atoms with Gasteiger partial charge in [-0.3, -0.25) is 4.79 Å². The van der Waals surface area contributed by atoms with Crippen LogP contribution in [0.1, 0.15) is 11.1 Å². The minimum Gasteiger partial charge on any atom is -0.478 e. The van der Waals surface area contributed by atoms with Crippen LogP contribution in [-0.2, 0) is 17.8 Å². The molecule has 1 aliphatic rings. The lowest BCUT2D eigenvalue weighted by Gasteiger charge is -2.24. The van der Waals surface area contributed by atoms with E-state index in [1.165, 1.54) is 5.56 Å². The highest BCUT2D eigenvalue weighted by atomic mass is 16.4. The highest BCUT2D eigenvalue weighted by molar-refractivity contribution is 5.99. The van der Waals surface area contributed by atoms with Crippen molar-refractivity contribution in [1.29, 1.82) is 0 Å². The molecule has 1 aromatic heterocycles. The van der Waals surface area contributed by atoms with Crippen molar-refractivity contribution in [3.8, 4) is 11.3 Å². The number of nitrogens with zero attached hydrogens (tertiary/aromatic N) is 1. The lowest BCUT2D eigenvalue weighted by molar-refractivity contribution is -0.131. The number of aryl methyl sites for hydroxylation is 1. The smallest absolute Gasteiger partial charge is 0.328 e. The molecule has 3 aromatic rings. The Bertz CT molecular complexity index is 1060. The van der Waals surface area contributed by atoms with Crippen LogP contribution in [0.25, 0.3) is 28.1 Å². The second kappa shape index (κ2) is 5.49.